The van der Waals surface area contributed by atoms with Gasteiger partial charge in [-0.05, 0) is 43.7 Å². The first kappa shape index (κ1) is 11.1. The minimum atomic E-state index is 0.732. The van der Waals surface area contributed by atoms with Crippen molar-refractivity contribution in [1.82, 2.24) is 5.32 Å². The normalized spacial score (nSPS) is 10.2. The highest BCUT2D eigenvalue weighted by molar-refractivity contribution is 5.33. The van der Waals surface area contributed by atoms with Gasteiger partial charge in [0.2, 0.25) is 0 Å². The molecule has 1 aromatic rings. The van der Waals surface area contributed by atoms with Crippen molar-refractivity contribution >= 4 is 0 Å². The zero-order chi connectivity index (χ0) is 10.4. The summed E-state index contributed by atoms with van der Waals surface area (Å²) in [6, 6.07) is 6.20. The molecule has 0 aliphatic rings. The van der Waals surface area contributed by atoms with Gasteiger partial charge in [-0.2, -0.15) is 0 Å². The first-order chi connectivity index (χ1) is 6.74. The lowest BCUT2D eigenvalue weighted by molar-refractivity contribution is 0.315. The Kier molecular flexibility index (Phi) is 4.47. The van der Waals surface area contributed by atoms with E-state index < -0.39 is 0 Å². The molecule has 0 saturated carbocycles. The highest BCUT2D eigenvalue weighted by Gasteiger charge is 1.96. The number of rotatable bonds is 5. The molecule has 0 amide bonds. The van der Waals surface area contributed by atoms with Gasteiger partial charge in [0, 0.05) is 6.54 Å². The van der Waals surface area contributed by atoms with Crippen molar-refractivity contribution in [3.05, 3.63) is 29.3 Å². The summed E-state index contributed by atoms with van der Waals surface area (Å²) in [4.78, 5) is 0. The van der Waals surface area contributed by atoms with Gasteiger partial charge in [0.15, 0.2) is 0 Å². The first-order valence-corrected chi connectivity index (χ1v) is 5.15. The summed E-state index contributed by atoms with van der Waals surface area (Å²) in [5, 5.41) is 3.22. The van der Waals surface area contributed by atoms with Gasteiger partial charge in [-0.1, -0.05) is 13.0 Å². The highest BCUT2D eigenvalue weighted by Crippen LogP contribution is 2.15. The van der Waals surface area contributed by atoms with E-state index in [4.69, 9.17) is 4.74 Å². The molecule has 14 heavy (non-hydrogen) atoms. The van der Waals surface area contributed by atoms with Crippen LogP contribution in [-0.4, -0.2) is 19.7 Å². The third-order valence-corrected chi connectivity index (χ3v) is 2.28. The summed E-state index contributed by atoms with van der Waals surface area (Å²) in [5.74, 6) is 0.964. The average Bonchev–Trinajstić information content (AvgIpc) is 2.18. The molecule has 0 bridgehead atoms. The minimum Gasteiger partial charge on any atom is -0.492 e. The van der Waals surface area contributed by atoms with E-state index in [2.05, 4.69) is 38.2 Å². The summed E-state index contributed by atoms with van der Waals surface area (Å²) in [7, 11) is 0. The van der Waals surface area contributed by atoms with Crippen LogP contribution in [0.2, 0.25) is 0 Å². The molecule has 0 aliphatic carbocycles. The molecule has 1 aromatic carbocycles. The molecule has 0 radical (unpaired) electrons. The van der Waals surface area contributed by atoms with Crippen LogP contribution in [0, 0.1) is 13.8 Å². The number of nitrogens with one attached hydrogen (secondary N) is 1. The Morgan fingerprint density at radius 3 is 2.64 bits per heavy atom. The van der Waals surface area contributed by atoms with Crippen molar-refractivity contribution in [1.29, 1.82) is 0 Å². The summed E-state index contributed by atoms with van der Waals surface area (Å²) in [6.45, 7) is 8.94. The second-order valence-electron chi connectivity index (χ2n) is 3.45. The largest absolute Gasteiger partial charge is 0.492 e. The molecule has 0 fully saturated rings. The molecule has 0 heterocycles. The standard InChI is InChI=1S/C12H19NO/c1-4-13-7-8-14-12-6-5-10(2)11(3)9-12/h5-6,9,13H,4,7-8H2,1-3H3. The smallest absolute Gasteiger partial charge is 0.119 e. The average molecular weight is 193 g/mol. The number of ether oxygens (including phenoxy) is 1. The van der Waals surface area contributed by atoms with Gasteiger partial charge in [0.1, 0.15) is 12.4 Å². The number of likely N-dealkylation sites (N-methyl/N-ethyl adjacent to an activating group) is 1. The molecule has 78 valence electrons. The molecule has 2 heteroatoms. The summed E-state index contributed by atoms with van der Waals surface area (Å²) >= 11 is 0. The van der Waals surface area contributed by atoms with Crippen LogP contribution in [0.4, 0.5) is 0 Å². The maximum atomic E-state index is 5.58. The van der Waals surface area contributed by atoms with Crippen LogP contribution in [0.5, 0.6) is 5.75 Å². The molecule has 0 saturated heterocycles. The van der Waals surface area contributed by atoms with Crippen molar-refractivity contribution in [2.75, 3.05) is 19.7 Å². The fraction of sp³-hybridized carbons (Fsp3) is 0.500. The third-order valence-electron chi connectivity index (χ3n) is 2.28. The van der Waals surface area contributed by atoms with E-state index in [1.807, 2.05) is 6.07 Å². The lowest BCUT2D eigenvalue weighted by Crippen LogP contribution is -2.20. The van der Waals surface area contributed by atoms with Crippen LogP contribution in [-0.2, 0) is 0 Å². The fourth-order valence-corrected chi connectivity index (χ4v) is 1.22. The van der Waals surface area contributed by atoms with Gasteiger partial charge in [-0.3, -0.25) is 0 Å². The van der Waals surface area contributed by atoms with Gasteiger partial charge in [0.25, 0.3) is 0 Å². The van der Waals surface area contributed by atoms with E-state index in [9.17, 15) is 0 Å². The number of hydrogen-bond donors (Lipinski definition) is 1. The molecule has 0 aromatic heterocycles. The van der Waals surface area contributed by atoms with Crippen molar-refractivity contribution in [2.24, 2.45) is 0 Å². The van der Waals surface area contributed by atoms with Gasteiger partial charge < -0.3 is 10.1 Å². The van der Waals surface area contributed by atoms with Gasteiger partial charge in [-0.25, -0.2) is 0 Å². The van der Waals surface area contributed by atoms with Gasteiger partial charge in [-0.15, -0.1) is 0 Å². The summed E-state index contributed by atoms with van der Waals surface area (Å²) < 4.78 is 5.58. The monoisotopic (exact) mass is 193 g/mol. The van der Waals surface area contributed by atoms with Crippen LogP contribution in [0.15, 0.2) is 18.2 Å². The lowest BCUT2D eigenvalue weighted by Gasteiger charge is -2.08. The predicted molar refractivity (Wildman–Crippen MR) is 60.0 cm³/mol. The molecule has 1 N–H and O–H groups in total. The Labute approximate surface area is 86.3 Å². The number of hydrogen-bond acceptors (Lipinski definition) is 2. The van der Waals surface area contributed by atoms with Gasteiger partial charge in [0.05, 0.1) is 0 Å². The Hall–Kier alpha value is -1.02. The Balaban J connectivity index is 2.39. The van der Waals surface area contributed by atoms with E-state index in [0.717, 1.165) is 25.4 Å². The third kappa shape index (κ3) is 3.38. The second kappa shape index (κ2) is 5.66. The molecular formula is C12H19NO. The van der Waals surface area contributed by atoms with E-state index in [1.165, 1.54) is 11.1 Å². The van der Waals surface area contributed by atoms with Crippen LogP contribution in [0.25, 0.3) is 0 Å². The van der Waals surface area contributed by atoms with E-state index in [0.29, 0.717) is 0 Å². The highest BCUT2D eigenvalue weighted by atomic mass is 16.5. The van der Waals surface area contributed by atoms with E-state index in [-0.39, 0.29) is 0 Å². The number of aryl methyl sites for hydroxylation is 2. The fourth-order valence-electron chi connectivity index (χ4n) is 1.22. The minimum absolute atomic E-state index is 0.732. The number of benzene rings is 1. The van der Waals surface area contributed by atoms with Crippen LogP contribution >= 0.6 is 0 Å². The topological polar surface area (TPSA) is 21.3 Å². The van der Waals surface area contributed by atoms with Crippen molar-refractivity contribution in [3.8, 4) is 5.75 Å². The molecule has 0 aliphatic heterocycles. The second-order valence-corrected chi connectivity index (χ2v) is 3.45. The van der Waals surface area contributed by atoms with Crippen molar-refractivity contribution in [3.63, 3.8) is 0 Å². The van der Waals surface area contributed by atoms with Gasteiger partial charge >= 0.3 is 0 Å². The zero-order valence-corrected chi connectivity index (χ0v) is 9.26. The zero-order valence-electron chi connectivity index (χ0n) is 9.26. The van der Waals surface area contributed by atoms with E-state index in [1.54, 1.807) is 0 Å². The quantitative estimate of drug-likeness (QED) is 0.724. The van der Waals surface area contributed by atoms with Crippen LogP contribution < -0.4 is 10.1 Å². The van der Waals surface area contributed by atoms with Crippen molar-refractivity contribution < 1.29 is 4.74 Å². The lowest BCUT2D eigenvalue weighted by atomic mass is 10.1. The Bertz CT molecular complexity index is 284. The summed E-state index contributed by atoms with van der Waals surface area (Å²) in [5.41, 5.74) is 2.59. The molecular weight excluding hydrogens is 174 g/mol. The van der Waals surface area contributed by atoms with E-state index >= 15 is 0 Å². The first-order valence-electron chi connectivity index (χ1n) is 5.15. The maximum absolute atomic E-state index is 5.58. The SMILES string of the molecule is CCNCCOc1ccc(C)c(C)c1. The molecule has 0 atom stereocenters. The molecule has 0 unspecified atom stereocenters. The molecule has 1 rings (SSSR count). The Morgan fingerprint density at radius 2 is 2.00 bits per heavy atom. The predicted octanol–water partition coefficient (Wildman–Crippen LogP) is 2.29. The van der Waals surface area contributed by atoms with Crippen molar-refractivity contribution in [2.45, 2.75) is 20.8 Å². The Morgan fingerprint density at radius 1 is 1.21 bits per heavy atom. The molecule has 2 nitrogen and oxygen atoms in total. The maximum Gasteiger partial charge on any atom is 0.119 e. The molecule has 0 spiro atoms. The summed E-state index contributed by atoms with van der Waals surface area (Å²) in [6.07, 6.45) is 0. The van der Waals surface area contributed by atoms with Crippen LogP contribution in [0.1, 0.15) is 18.1 Å². The van der Waals surface area contributed by atoms with Crippen LogP contribution in [0.3, 0.4) is 0 Å².